The van der Waals surface area contributed by atoms with Crippen LogP contribution >= 0.6 is 9.39 Å². The minimum Gasteiger partial charge on any atom is -0.480 e. The van der Waals surface area contributed by atoms with E-state index >= 15 is 0 Å². The average molecular weight is 178 g/mol. The van der Waals surface area contributed by atoms with E-state index in [0.717, 1.165) is 12.8 Å². The van der Waals surface area contributed by atoms with E-state index in [9.17, 15) is 4.79 Å². The van der Waals surface area contributed by atoms with Gasteiger partial charge in [-0.1, -0.05) is 15.8 Å². The standard InChI is InChI=1S/C6H15N2O2P/c7-4-2-1-3-5(8-11)6(9)10/h5,8H,1-4,7,11H2,(H,9,10). The highest BCUT2D eigenvalue weighted by Gasteiger charge is 2.12. The average Bonchev–Trinajstić information content (AvgIpc) is 1.97. The van der Waals surface area contributed by atoms with Crippen molar-refractivity contribution in [2.75, 3.05) is 6.54 Å². The zero-order valence-electron chi connectivity index (χ0n) is 6.42. The summed E-state index contributed by atoms with van der Waals surface area (Å²) >= 11 is 0. The van der Waals surface area contributed by atoms with Crippen LogP contribution in [0.1, 0.15) is 19.3 Å². The van der Waals surface area contributed by atoms with Crippen molar-refractivity contribution in [1.29, 1.82) is 0 Å². The molecule has 0 radical (unpaired) electrons. The third-order valence-corrected chi connectivity index (χ3v) is 1.85. The monoisotopic (exact) mass is 178 g/mol. The molecule has 0 saturated carbocycles. The van der Waals surface area contributed by atoms with Crippen LogP contribution in [0.3, 0.4) is 0 Å². The van der Waals surface area contributed by atoms with Crippen molar-refractivity contribution < 1.29 is 9.90 Å². The predicted octanol–water partition coefficient (Wildman–Crippen LogP) is -0.0517. The van der Waals surface area contributed by atoms with Crippen LogP contribution < -0.4 is 10.8 Å². The first-order valence-electron chi connectivity index (χ1n) is 3.61. The Morgan fingerprint density at radius 1 is 1.64 bits per heavy atom. The Morgan fingerprint density at radius 2 is 2.27 bits per heavy atom. The van der Waals surface area contributed by atoms with Crippen molar-refractivity contribution in [3.05, 3.63) is 0 Å². The molecule has 0 rings (SSSR count). The summed E-state index contributed by atoms with van der Waals surface area (Å²) in [5, 5.41) is 11.2. The number of carboxylic acid groups (broad SMARTS) is 1. The lowest BCUT2D eigenvalue weighted by atomic mass is 10.1. The number of unbranched alkanes of at least 4 members (excludes halogenated alkanes) is 1. The van der Waals surface area contributed by atoms with Gasteiger partial charge >= 0.3 is 5.97 Å². The van der Waals surface area contributed by atoms with Gasteiger partial charge in [0.2, 0.25) is 0 Å². The number of nitrogens with one attached hydrogen (secondary N) is 1. The maximum atomic E-state index is 10.4. The summed E-state index contributed by atoms with van der Waals surface area (Å²) < 4.78 is 0. The number of hydrogen-bond donors (Lipinski definition) is 3. The van der Waals surface area contributed by atoms with Gasteiger partial charge in [-0.15, -0.1) is 0 Å². The lowest BCUT2D eigenvalue weighted by molar-refractivity contribution is -0.139. The first kappa shape index (κ1) is 10.8. The molecule has 0 aliphatic rings. The normalized spacial score (nSPS) is 12.9. The summed E-state index contributed by atoms with van der Waals surface area (Å²) in [7, 11) is 2.21. The molecule has 5 heteroatoms. The molecule has 0 fully saturated rings. The molecule has 0 aromatic carbocycles. The van der Waals surface area contributed by atoms with Gasteiger partial charge in [0.05, 0.1) is 0 Å². The van der Waals surface area contributed by atoms with Crippen LogP contribution in [0.25, 0.3) is 0 Å². The minimum atomic E-state index is -0.808. The third-order valence-electron chi connectivity index (χ3n) is 1.45. The third kappa shape index (κ3) is 5.13. The fourth-order valence-corrected chi connectivity index (χ4v) is 1.08. The SMILES string of the molecule is NCCCCC(NP)C(=O)O. The van der Waals surface area contributed by atoms with Gasteiger partial charge in [0.1, 0.15) is 6.04 Å². The number of carbonyl (C=O) groups is 1. The summed E-state index contributed by atoms with van der Waals surface area (Å²) in [6.45, 7) is 0.628. The Balaban J connectivity index is 3.44. The lowest BCUT2D eigenvalue weighted by Gasteiger charge is -2.09. The van der Waals surface area contributed by atoms with Crippen LogP contribution in [0.2, 0.25) is 0 Å². The quantitative estimate of drug-likeness (QED) is 0.393. The van der Waals surface area contributed by atoms with E-state index in [0.29, 0.717) is 13.0 Å². The van der Waals surface area contributed by atoms with Gasteiger partial charge in [0.25, 0.3) is 0 Å². The van der Waals surface area contributed by atoms with Crippen LogP contribution in [-0.2, 0) is 4.79 Å². The topological polar surface area (TPSA) is 75.3 Å². The van der Waals surface area contributed by atoms with Crippen molar-refractivity contribution in [2.24, 2.45) is 5.73 Å². The van der Waals surface area contributed by atoms with Crippen molar-refractivity contribution >= 4 is 15.4 Å². The summed E-state index contributed by atoms with van der Waals surface area (Å²) in [6, 6.07) is -0.452. The van der Waals surface area contributed by atoms with Crippen LogP contribution in [0.15, 0.2) is 0 Å². The zero-order valence-corrected chi connectivity index (χ0v) is 7.57. The Bertz CT molecular complexity index is 121. The van der Waals surface area contributed by atoms with E-state index in [2.05, 4.69) is 14.5 Å². The zero-order chi connectivity index (χ0) is 8.69. The summed E-state index contributed by atoms with van der Waals surface area (Å²) in [4.78, 5) is 10.4. The van der Waals surface area contributed by atoms with E-state index in [1.165, 1.54) is 0 Å². The maximum Gasteiger partial charge on any atom is 0.320 e. The fourth-order valence-electron chi connectivity index (χ4n) is 0.771. The molecule has 11 heavy (non-hydrogen) atoms. The van der Waals surface area contributed by atoms with Crippen molar-refractivity contribution in [3.8, 4) is 0 Å². The van der Waals surface area contributed by atoms with Gasteiger partial charge in [-0.2, -0.15) is 0 Å². The summed E-state index contributed by atoms with van der Waals surface area (Å²) in [5.41, 5.74) is 5.26. The molecule has 0 aromatic rings. The van der Waals surface area contributed by atoms with Crippen LogP contribution in [0, 0.1) is 0 Å². The Kier molecular flexibility index (Phi) is 6.42. The molecule has 4 N–H and O–H groups in total. The number of hydrogen-bond acceptors (Lipinski definition) is 3. The van der Waals surface area contributed by atoms with Gasteiger partial charge in [0.15, 0.2) is 0 Å². The van der Waals surface area contributed by atoms with E-state index in [1.807, 2.05) is 0 Å². The molecular weight excluding hydrogens is 163 g/mol. The maximum absolute atomic E-state index is 10.4. The number of nitrogens with two attached hydrogens (primary N) is 1. The van der Waals surface area contributed by atoms with Gasteiger partial charge < -0.3 is 10.8 Å². The van der Waals surface area contributed by atoms with E-state index in [4.69, 9.17) is 10.8 Å². The van der Waals surface area contributed by atoms with Gasteiger partial charge in [-0.05, 0) is 19.4 Å². The number of aliphatic carboxylic acids is 1. The van der Waals surface area contributed by atoms with Crippen LogP contribution in [0.5, 0.6) is 0 Å². The van der Waals surface area contributed by atoms with Crippen molar-refractivity contribution in [1.82, 2.24) is 5.09 Å². The largest absolute Gasteiger partial charge is 0.480 e. The molecule has 0 aromatic heterocycles. The lowest BCUT2D eigenvalue weighted by Crippen LogP contribution is -2.30. The molecule has 2 atom stereocenters. The van der Waals surface area contributed by atoms with Crippen LogP contribution in [0.4, 0.5) is 0 Å². The molecule has 66 valence electrons. The van der Waals surface area contributed by atoms with Crippen molar-refractivity contribution in [2.45, 2.75) is 25.3 Å². The fraction of sp³-hybridized carbons (Fsp3) is 0.833. The first-order valence-corrected chi connectivity index (χ1v) is 4.19. The second-order valence-electron chi connectivity index (χ2n) is 2.34. The highest BCUT2D eigenvalue weighted by atomic mass is 31.0. The molecule has 0 bridgehead atoms. The van der Waals surface area contributed by atoms with Gasteiger partial charge in [0, 0.05) is 0 Å². The number of carboxylic acids is 1. The molecule has 0 saturated heterocycles. The van der Waals surface area contributed by atoms with E-state index in [1.54, 1.807) is 0 Å². The molecule has 0 aliphatic carbocycles. The molecule has 0 amide bonds. The van der Waals surface area contributed by atoms with E-state index < -0.39 is 12.0 Å². The van der Waals surface area contributed by atoms with Gasteiger partial charge in [-0.3, -0.25) is 9.88 Å². The molecule has 0 aliphatic heterocycles. The molecule has 0 heterocycles. The molecule has 0 spiro atoms. The van der Waals surface area contributed by atoms with Crippen molar-refractivity contribution in [3.63, 3.8) is 0 Å². The second-order valence-corrected chi connectivity index (χ2v) is 2.68. The van der Waals surface area contributed by atoms with Gasteiger partial charge in [-0.25, -0.2) is 0 Å². The Hall–Kier alpha value is -0.180. The summed E-state index contributed by atoms with van der Waals surface area (Å²) in [5.74, 6) is -0.808. The minimum absolute atomic E-state index is 0.452. The Morgan fingerprint density at radius 3 is 2.64 bits per heavy atom. The molecule has 4 nitrogen and oxygen atoms in total. The first-order chi connectivity index (χ1) is 5.22. The second kappa shape index (κ2) is 6.53. The van der Waals surface area contributed by atoms with E-state index in [-0.39, 0.29) is 0 Å². The smallest absolute Gasteiger partial charge is 0.320 e. The predicted molar refractivity (Wildman–Crippen MR) is 47.2 cm³/mol. The number of rotatable bonds is 6. The molecular formula is C6H15N2O2P. The Labute approximate surface area is 68.8 Å². The highest BCUT2D eigenvalue weighted by Crippen LogP contribution is 2.01. The molecule has 2 unspecified atom stereocenters. The highest BCUT2D eigenvalue weighted by molar-refractivity contribution is 7.13. The summed E-state index contributed by atoms with van der Waals surface area (Å²) in [6.07, 6.45) is 2.38. The van der Waals surface area contributed by atoms with Crippen LogP contribution in [-0.4, -0.2) is 23.7 Å².